The van der Waals surface area contributed by atoms with Crippen molar-refractivity contribution in [1.82, 2.24) is 4.90 Å². The van der Waals surface area contributed by atoms with Crippen molar-refractivity contribution in [3.05, 3.63) is 121 Å². The standard InChI is InChI=1S/C37H39NO7/c1-2-21-41-36(39)34-22-28(45-35-20-12-15-27(44-35)24-42-26-13-6-4-3-5-7-14-26)23-38(34)37(40)43-25-33-31-18-10-8-16-29(31)30-17-9-11-19-32(30)33/h2-11,13-14,16-19,27-28,33-35H,1,12,15,20-25H2/t27?,28-,34+,35?/m1/s1. The van der Waals surface area contributed by atoms with Crippen LogP contribution in [-0.2, 0) is 28.5 Å². The van der Waals surface area contributed by atoms with E-state index in [0.717, 1.165) is 47.3 Å². The summed E-state index contributed by atoms with van der Waals surface area (Å²) in [5, 5.41) is 0. The zero-order valence-electron chi connectivity index (χ0n) is 25.3. The van der Waals surface area contributed by atoms with Crippen molar-refractivity contribution in [2.24, 2.45) is 0 Å². The fraction of sp³-hybridized carbons (Fsp3) is 0.351. The number of esters is 1. The second-order valence-corrected chi connectivity index (χ2v) is 11.5. The van der Waals surface area contributed by atoms with Crippen LogP contribution in [-0.4, -0.2) is 67.9 Å². The highest BCUT2D eigenvalue weighted by Gasteiger charge is 2.44. The van der Waals surface area contributed by atoms with Crippen LogP contribution in [0.4, 0.5) is 4.79 Å². The van der Waals surface area contributed by atoms with E-state index in [9.17, 15) is 9.59 Å². The van der Waals surface area contributed by atoms with Crippen LogP contribution in [0.25, 0.3) is 11.1 Å². The molecule has 6 rings (SSSR count). The highest BCUT2D eigenvalue weighted by Crippen LogP contribution is 2.44. The lowest BCUT2D eigenvalue weighted by atomic mass is 9.98. The van der Waals surface area contributed by atoms with Crippen molar-refractivity contribution in [2.75, 3.05) is 26.4 Å². The Balaban J connectivity index is 1.07. The molecule has 4 atom stereocenters. The zero-order chi connectivity index (χ0) is 31.0. The van der Waals surface area contributed by atoms with Gasteiger partial charge < -0.3 is 23.7 Å². The minimum atomic E-state index is -0.825. The predicted octanol–water partition coefficient (Wildman–Crippen LogP) is 6.60. The molecule has 4 aliphatic rings. The van der Waals surface area contributed by atoms with E-state index < -0.39 is 30.5 Å². The number of allylic oxidation sites excluding steroid dienone is 7. The Kier molecular flexibility index (Phi) is 9.92. The molecule has 1 amide bonds. The Hall–Kier alpha value is -4.40. The molecule has 0 radical (unpaired) electrons. The summed E-state index contributed by atoms with van der Waals surface area (Å²) in [5.74, 6) is 0.172. The topological polar surface area (TPSA) is 83.5 Å². The number of ether oxygens (including phenoxy) is 5. The SMILES string of the molecule is C=CCOC(=O)[C@@H]1C[C@@H](OC2CCCC(COC3=CC=CC=CC=C3)O2)CN1C(=O)OCC1c2ccccc2-c2ccccc21. The first kappa shape index (κ1) is 30.6. The maximum absolute atomic E-state index is 13.5. The van der Waals surface area contributed by atoms with Gasteiger partial charge in [-0.1, -0.05) is 91.6 Å². The first-order valence-electron chi connectivity index (χ1n) is 15.6. The van der Waals surface area contributed by atoms with E-state index in [1.807, 2.05) is 66.8 Å². The van der Waals surface area contributed by atoms with Crippen LogP contribution in [0.3, 0.4) is 0 Å². The van der Waals surface area contributed by atoms with Crippen LogP contribution in [0.1, 0.15) is 42.7 Å². The minimum Gasteiger partial charge on any atom is -0.491 e. The molecule has 2 unspecified atom stereocenters. The molecule has 0 bridgehead atoms. The summed E-state index contributed by atoms with van der Waals surface area (Å²) in [6.45, 7) is 4.45. The number of likely N-dealkylation sites (tertiary alicyclic amines) is 1. The Morgan fingerprint density at radius 2 is 1.64 bits per heavy atom. The molecule has 2 aromatic rings. The van der Waals surface area contributed by atoms with Crippen molar-refractivity contribution >= 4 is 12.1 Å². The van der Waals surface area contributed by atoms with E-state index in [0.29, 0.717) is 13.0 Å². The molecule has 0 N–H and O–H groups in total. The summed E-state index contributed by atoms with van der Waals surface area (Å²) in [6, 6.07) is 15.5. The summed E-state index contributed by atoms with van der Waals surface area (Å²) in [4.78, 5) is 28.0. The third-order valence-electron chi connectivity index (χ3n) is 8.50. The van der Waals surface area contributed by atoms with E-state index in [-0.39, 0.29) is 31.8 Å². The summed E-state index contributed by atoms with van der Waals surface area (Å²) in [6.07, 6.45) is 16.3. The van der Waals surface area contributed by atoms with Crippen LogP contribution in [0.15, 0.2) is 109 Å². The molecule has 2 aliphatic heterocycles. The molecule has 2 saturated heterocycles. The molecule has 8 heteroatoms. The number of rotatable bonds is 10. The average Bonchev–Trinajstić information content (AvgIpc) is 3.61. The van der Waals surface area contributed by atoms with Crippen molar-refractivity contribution in [3.63, 3.8) is 0 Å². The second-order valence-electron chi connectivity index (χ2n) is 11.5. The lowest BCUT2D eigenvalue weighted by molar-refractivity contribution is -0.219. The number of nitrogens with zero attached hydrogens (tertiary/aromatic N) is 1. The fourth-order valence-electron chi connectivity index (χ4n) is 6.37. The summed E-state index contributed by atoms with van der Waals surface area (Å²) >= 11 is 0. The molecule has 45 heavy (non-hydrogen) atoms. The van der Waals surface area contributed by atoms with Crippen LogP contribution < -0.4 is 0 Å². The lowest BCUT2D eigenvalue weighted by Crippen LogP contribution is -2.42. The monoisotopic (exact) mass is 609 g/mol. The van der Waals surface area contributed by atoms with Crippen molar-refractivity contribution in [2.45, 2.75) is 56.1 Å². The molecule has 234 valence electrons. The molecule has 0 saturated carbocycles. The molecular formula is C37H39NO7. The van der Waals surface area contributed by atoms with Gasteiger partial charge >= 0.3 is 12.1 Å². The van der Waals surface area contributed by atoms with Gasteiger partial charge in [-0.3, -0.25) is 4.90 Å². The number of hydrogen-bond acceptors (Lipinski definition) is 7. The van der Waals surface area contributed by atoms with Gasteiger partial charge in [-0.2, -0.15) is 0 Å². The number of carbonyl (C=O) groups excluding carboxylic acids is 2. The molecule has 2 heterocycles. The van der Waals surface area contributed by atoms with Gasteiger partial charge in [0.25, 0.3) is 0 Å². The number of carbonyl (C=O) groups is 2. The van der Waals surface area contributed by atoms with Crippen LogP contribution in [0.2, 0.25) is 0 Å². The Labute approximate surface area is 264 Å². The Bertz CT molecular complexity index is 1460. The minimum absolute atomic E-state index is 0.0600. The lowest BCUT2D eigenvalue weighted by Gasteiger charge is -2.31. The summed E-state index contributed by atoms with van der Waals surface area (Å²) < 4.78 is 29.8. The van der Waals surface area contributed by atoms with Gasteiger partial charge in [0.1, 0.15) is 31.6 Å². The van der Waals surface area contributed by atoms with Gasteiger partial charge in [0.15, 0.2) is 6.29 Å². The fourth-order valence-corrected chi connectivity index (χ4v) is 6.37. The van der Waals surface area contributed by atoms with E-state index >= 15 is 0 Å². The zero-order valence-corrected chi connectivity index (χ0v) is 25.3. The van der Waals surface area contributed by atoms with Crippen LogP contribution in [0.5, 0.6) is 0 Å². The van der Waals surface area contributed by atoms with Crippen LogP contribution in [0, 0.1) is 0 Å². The number of benzene rings is 2. The number of fused-ring (bicyclic) bond motifs is 3. The van der Waals surface area contributed by atoms with Gasteiger partial charge in [0, 0.05) is 12.3 Å². The van der Waals surface area contributed by atoms with Crippen molar-refractivity contribution in [3.8, 4) is 11.1 Å². The number of amides is 1. The highest BCUT2D eigenvalue weighted by molar-refractivity contribution is 5.83. The van der Waals surface area contributed by atoms with Gasteiger partial charge in [-0.25, -0.2) is 9.59 Å². The first-order valence-corrected chi connectivity index (χ1v) is 15.6. The normalized spacial score (nSPS) is 23.8. The molecule has 2 aliphatic carbocycles. The second kappa shape index (κ2) is 14.6. The van der Waals surface area contributed by atoms with Gasteiger partial charge in [0.05, 0.1) is 18.8 Å². The predicted molar refractivity (Wildman–Crippen MR) is 170 cm³/mol. The Morgan fingerprint density at radius 3 is 2.42 bits per heavy atom. The molecule has 2 fully saturated rings. The van der Waals surface area contributed by atoms with Gasteiger partial charge in [0.2, 0.25) is 0 Å². The van der Waals surface area contributed by atoms with Gasteiger partial charge in [-0.05, 0) is 53.7 Å². The van der Waals surface area contributed by atoms with Crippen molar-refractivity contribution < 1.29 is 33.3 Å². The molecular weight excluding hydrogens is 570 g/mol. The molecule has 2 aromatic carbocycles. The molecule has 0 aromatic heterocycles. The highest BCUT2D eigenvalue weighted by atomic mass is 16.7. The summed E-state index contributed by atoms with van der Waals surface area (Å²) in [7, 11) is 0. The third kappa shape index (κ3) is 7.30. The number of hydrogen-bond donors (Lipinski definition) is 0. The van der Waals surface area contributed by atoms with E-state index in [1.165, 1.54) is 11.0 Å². The van der Waals surface area contributed by atoms with E-state index in [1.54, 1.807) is 0 Å². The quantitative estimate of drug-likeness (QED) is 0.222. The first-order chi connectivity index (χ1) is 22.1. The maximum atomic E-state index is 13.5. The molecule has 0 spiro atoms. The summed E-state index contributed by atoms with van der Waals surface area (Å²) in [5.41, 5.74) is 4.55. The van der Waals surface area contributed by atoms with E-state index in [4.69, 9.17) is 23.7 Å². The smallest absolute Gasteiger partial charge is 0.410 e. The largest absolute Gasteiger partial charge is 0.491 e. The average molecular weight is 610 g/mol. The molecule has 8 nitrogen and oxygen atoms in total. The van der Waals surface area contributed by atoms with E-state index in [2.05, 4.69) is 30.8 Å². The maximum Gasteiger partial charge on any atom is 0.410 e. The van der Waals surface area contributed by atoms with Crippen LogP contribution >= 0.6 is 0 Å². The van der Waals surface area contributed by atoms with Gasteiger partial charge in [-0.15, -0.1) is 0 Å². The third-order valence-corrected chi connectivity index (χ3v) is 8.50. The van der Waals surface area contributed by atoms with Crippen molar-refractivity contribution in [1.29, 1.82) is 0 Å². The Morgan fingerprint density at radius 1 is 0.911 bits per heavy atom.